The molecule has 4 rings (SSSR count). The van der Waals surface area contributed by atoms with E-state index in [2.05, 4.69) is 12.1 Å². The van der Waals surface area contributed by atoms with E-state index in [1.165, 1.54) is 9.87 Å². The Balaban J connectivity index is 1.53. The molecule has 3 aromatic rings. The first-order chi connectivity index (χ1) is 15.0. The Morgan fingerprint density at radius 3 is 2.03 bits per heavy atom. The van der Waals surface area contributed by atoms with Crippen LogP contribution in [-0.2, 0) is 23.0 Å². The van der Waals surface area contributed by atoms with Gasteiger partial charge in [-0.05, 0) is 48.2 Å². The minimum absolute atomic E-state index is 0.0596. The smallest absolute Gasteiger partial charge is 0.254 e. The van der Waals surface area contributed by atoms with E-state index in [9.17, 15) is 13.2 Å². The third-order valence-corrected chi connectivity index (χ3v) is 7.39. The van der Waals surface area contributed by atoms with Gasteiger partial charge in [-0.1, -0.05) is 60.7 Å². The van der Waals surface area contributed by atoms with E-state index in [-0.39, 0.29) is 11.7 Å². The number of benzene rings is 3. The van der Waals surface area contributed by atoms with E-state index in [1.54, 1.807) is 24.3 Å². The molecule has 1 amide bonds. The lowest BCUT2D eigenvalue weighted by Gasteiger charge is -2.24. The Bertz CT molecular complexity index is 1110. The van der Waals surface area contributed by atoms with Crippen LogP contribution < -0.4 is 4.31 Å². The Hall–Kier alpha value is -3.12. The fourth-order valence-electron chi connectivity index (χ4n) is 3.85. The number of nitrogens with zero attached hydrogens (tertiary/aromatic N) is 2. The van der Waals surface area contributed by atoms with Crippen molar-refractivity contribution >= 4 is 21.6 Å². The van der Waals surface area contributed by atoms with Crippen molar-refractivity contribution in [1.82, 2.24) is 4.90 Å². The molecule has 0 aliphatic carbocycles. The molecule has 0 saturated carbocycles. The third-order valence-electron chi connectivity index (χ3n) is 5.52. The summed E-state index contributed by atoms with van der Waals surface area (Å²) in [6.45, 7) is 1.61. The number of sulfonamides is 1. The Kier molecular flexibility index (Phi) is 6.37. The highest BCUT2D eigenvalue weighted by atomic mass is 32.2. The highest BCUT2D eigenvalue weighted by molar-refractivity contribution is 7.93. The van der Waals surface area contributed by atoms with E-state index in [0.717, 1.165) is 12.0 Å². The van der Waals surface area contributed by atoms with Gasteiger partial charge in [-0.3, -0.25) is 9.10 Å². The highest BCUT2D eigenvalue weighted by Crippen LogP contribution is 2.24. The van der Waals surface area contributed by atoms with E-state index < -0.39 is 10.0 Å². The summed E-state index contributed by atoms with van der Waals surface area (Å²) < 4.78 is 25.8. The predicted molar refractivity (Wildman–Crippen MR) is 124 cm³/mol. The van der Waals surface area contributed by atoms with Crippen molar-refractivity contribution in [2.45, 2.75) is 19.4 Å². The van der Waals surface area contributed by atoms with Crippen molar-refractivity contribution in [3.8, 4) is 0 Å². The molecule has 0 N–H and O–H groups in total. The number of hydrogen-bond donors (Lipinski definition) is 0. The molecule has 160 valence electrons. The van der Waals surface area contributed by atoms with Gasteiger partial charge in [0.25, 0.3) is 5.91 Å². The second-order valence-electron chi connectivity index (χ2n) is 7.74. The molecule has 31 heavy (non-hydrogen) atoms. The lowest BCUT2D eigenvalue weighted by molar-refractivity contribution is 0.0745. The minimum Gasteiger partial charge on any atom is -0.334 e. The molecule has 1 aliphatic heterocycles. The van der Waals surface area contributed by atoms with Gasteiger partial charge in [-0.2, -0.15) is 0 Å². The number of carbonyl (C=O) groups is 1. The number of amides is 1. The predicted octanol–water partition coefficient (Wildman–Crippen LogP) is 4.11. The van der Waals surface area contributed by atoms with Gasteiger partial charge in [0.05, 0.1) is 11.4 Å². The first kappa shape index (κ1) is 21.1. The monoisotopic (exact) mass is 434 g/mol. The van der Waals surface area contributed by atoms with Crippen LogP contribution in [-0.4, -0.2) is 38.1 Å². The summed E-state index contributed by atoms with van der Waals surface area (Å²) in [5.74, 6) is 0.119. The molecule has 0 radical (unpaired) electrons. The van der Waals surface area contributed by atoms with Crippen LogP contribution >= 0.6 is 0 Å². The van der Waals surface area contributed by atoms with Crippen molar-refractivity contribution in [2.24, 2.45) is 0 Å². The number of anilines is 1. The summed E-state index contributed by atoms with van der Waals surface area (Å²) in [5, 5.41) is 0. The van der Waals surface area contributed by atoms with Crippen molar-refractivity contribution in [3.63, 3.8) is 0 Å². The standard InChI is InChI=1S/C25H26N2O3S/c28-25(23-12-14-24(15-13-23)27-17-7-19-31(27,29)30)26(20-22-10-5-2-6-11-22)18-16-21-8-3-1-4-9-21/h1-6,8-15H,7,16-20H2. The fourth-order valence-corrected chi connectivity index (χ4v) is 5.41. The van der Waals surface area contributed by atoms with E-state index >= 15 is 0 Å². The zero-order chi connectivity index (χ0) is 21.7. The molecule has 0 spiro atoms. The summed E-state index contributed by atoms with van der Waals surface area (Å²) in [7, 11) is -3.23. The van der Waals surface area contributed by atoms with Gasteiger partial charge in [0.15, 0.2) is 0 Å². The third kappa shape index (κ3) is 5.14. The minimum atomic E-state index is -3.23. The number of rotatable bonds is 7. The number of hydrogen-bond acceptors (Lipinski definition) is 3. The molecule has 0 bridgehead atoms. The van der Waals surface area contributed by atoms with E-state index in [0.29, 0.717) is 37.3 Å². The average Bonchev–Trinajstić information content (AvgIpc) is 3.16. The lowest BCUT2D eigenvalue weighted by atomic mass is 10.1. The van der Waals surface area contributed by atoms with Crippen LogP contribution in [0.2, 0.25) is 0 Å². The summed E-state index contributed by atoms with van der Waals surface area (Å²) >= 11 is 0. The van der Waals surface area contributed by atoms with Gasteiger partial charge in [-0.25, -0.2) is 8.42 Å². The summed E-state index contributed by atoms with van der Waals surface area (Å²) in [4.78, 5) is 15.2. The molecular formula is C25H26N2O3S. The normalized spacial score (nSPS) is 15.0. The molecule has 6 heteroatoms. The maximum Gasteiger partial charge on any atom is 0.254 e. The molecule has 5 nitrogen and oxygen atoms in total. The Labute approximate surface area is 184 Å². The summed E-state index contributed by atoms with van der Waals surface area (Å²) in [5.41, 5.74) is 3.43. The van der Waals surface area contributed by atoms with Crippen LogP contribution in [0.4, 0.5) is 5.69 Å². The summed E-state index contributed by atoms with van der Waals surface area (Å²) in [6.07, 6.45) is 1.40. The van der Waals surface area contributed by atoms with E-state index in [4.69, 9.17) is 0 Å². The van der Waals surface area contributed by atoms with Gasteiger partial charge >= 0.3 is 0 Å². The molecule has 1 aliphatic rings. The SMILES string of the molecule is O=C(c1ccc(N2CCCS2(=O)=O)cc1)N(CCc1ccccc1)Cc1ccccc1. The molecule has 1 saturated heterocycles. The summed E-state index contributed by atoms with van der Waals surface area (Å²) in [6, 6.07) is 27.0. The molecule has 0 atom stereocenters. The van der Waals surface area contributed by atoms with Crippen LogP contribution in [0.1, 0.15) is 27.9 Å². The zero-order valence-electron chi connectivity index (χ0n) is 17.4. The van der Waals surface area contributed by atoms with Crippen LogP contribution in [0.3, 0.4) is 0 Å². The van der Waals surface area contributed by atoms with Crippen molar-refractivity contribution < 1.29 is 13.2 Å². The lowest BCUT2D eigenvalue weighted by Crippen LogP contribution is -2.32. The Morgan fingerprint density at radius 2 is 1.45 bits per heavy atom. The zero-order valence-corrected chi connectivity index (χ0v) is 18.2. The second kappa shape index (κ2) is 9.35. The molecule has 1 fully saturated rings. The van der Waals surface area contributed by atoms with Gasteiger partial charge in [0.1, 0.15) is 0 Å². The van der Waals surface area contributed by atoms with E-state index in [1.807, 2.05) is 53.4 Å². The van der Waals surface area contributed by atoms with Crippen molar-refractivity contribution in [2.75, 3.05) is 23.1 Å². The fraction of sp³-hybridized carbons (Fsp3) is 0.240. The quantitative estimate of drug-likeness (QED) is 0.562. The van der Waals surface area contributed by atoms with Crippen LogP contribution in [0.5, 0.6) is 0 Å². The largest absolute Gasteiger partial charge is 0.334 e. The Morgan fingerprint density at radius 1 is 0.839 bits per heavy atom. The highest BCUT2D eigenvalue weighted by Gasteiger charge is 2.28. The van der Waals surface area contributed by atoms with Crippen LogP contribution in [0, 0.1) is 0 Å². The number of carbonyl (C=O) groups excluding carboxylic acids is 1. The van der Waals surface area contributed by atoms with Crippen molar-refractivity contribution in [1.29, 1.82) is 0 Å². The molecule has 0 aromatic heterocycles. The van der Waals surface area contributed by atoms with Gasteiger partial charge in [0.2, 0.25) is 10.0 Å². The van der Waals surface area contributed by atoms with Crippen LogP contribution in [0.25, 0.3) is 0 Å². The first-order valence-electron chi connectivity index (χ1n) is 10.5. The van der Waals surface area contributed by atoms with Gasteiger partial charge in [0, 0.05) is 25.2 Å². The topological polar surface area (TPSA) is 57.7 Å². The molecule has 1 heterocycles. The van der Waals surface area contributed by atoms with Crippen LogP contribution in [0.15, 0.2) is 84.9 Å². The van der Waals surface area contributed by atoms with Gasteiger partial charge < -0.3 is 4.90 Å². The molecule has 0 unspecified atom stereocenters. The van der Waals surface area contributed by atoms with Gasteiger partial charge in [-0.15, -0.1) is 0 Å². The van der Waals surface area contributed by atoms with Crippen molar-refractivity contribution in [3.05, 3.63) is 102 Å². The second-order valence-corrected chi connectivity index (χ2v) is 9.75. The average molecular weight is 435 g/mol. The molecule has 3 aromatic carbocycles. The molecular weight excluding hydrogens is 408 g/mol. The maximum absolute atomic E-state index is 13.3. The maximum atomic E-state index is 13.3. The first-order valence-corrected chi connectivity index (χ1v) is 12.1.